The molecule has 0 N–H and O–H groups in total. The second-order valence-electron chi connectivity index (χ2n) is 4.24. The predicted octanol–water partition coefficient (Wildman–Crippen LogP) is 4.68. The highest BCUT2D eigenvalue weighted by Gasteiger charge is 2.31. The molecule has 0 aliphatic carbocycles. The van der Waals surface area contributed by atoms with Crippen LogP contribution in [-0.2, 0) is 6.18 Å². The summed E-state index contributed by atoms with van der Waals surface area (Å²) in [5, 5.41) is 8.93. The van der Waals surface area contributed by atoms with E-state index < -0.39 is 11.7 Å². The van der Waals surface area contributed by atoms with Crippen LogP contribution in [0.5, 0.6) is 11.5 Å². The first-order valence-electron chi connectivity index (χ1n) is 5.76. The first kappa shape index (κ1) is 13.9. The van der Waals surface area contributed by atoms with Crippen LogP contribution in [0.25, 0.3) is 0 Å². The van der Waals surface area contributed by atoms with Crippen molar-refractivity contribution >= 4 is 0 Å². The Kier molecular flexibility index (Phi) is 3.66. The predicted molar refractivity (Wildman–Crippen MR) is 67.4 cm³/mol. The third-order valence-electron chi connectivity index (χ3n) is 2.68. The summed E-state index contributed by atoms with van der Waals surface area (Å²) >= 11 is 0. The molecule has 0 unspecified atom stereocenters. The molecule has 5 heteroatoms. The second kappa shape index (κ2) is 5.25. The van der Waals surface area contributed by atoms with E-state index in [1.54, 1.807) is 18.2 Å². The summed E-state index contributed by atoms with van der Waals surface area (Å²) in [6.07, 6.45) is -4.48. The first-order valence-corrected chi connectivity index (χ1v) is 5.76. The lowest BCUT2D eigenvalue weighted by molar-refractivity contribution is -0.137. The topological polar surface area (TPSA) is 33.0 Å². The number of ether oxygens (including phenoxy) is 1. The van der Waals surface area contributed by atoms with Gasteiger partial charge in [0.15, 0.2) is 0 Å². The van der Waals surface area contributed by atoms with E-state index in [0.717, 1.165) is 23.8 Å². The molecule has 0 atom stereocenters. The van der Waals surface area contributed by atoms with Crippen molar-refractivity contribution in [3.05, 3.63) is 59.2 Å². The third-order valence-corrected chi connectivity index (χ3v) is 2.68. The van der Waals surface area contributed by atoms with Crippen molar-refractivity contribution < 1.29 is 17.9 Å². The number of nitriles is 1. The molecule has 2 aromatic rings. The Morgan fingerprint density at radius 1 is 1.05 bits per heavy atom. The highest BCUT2D eigenvalue weighted by molar-refractivity contribution is 5.48. The maximum absolute atomic E-state index is 12.6. The molecule has 0 aliphatic rings. The van der Waals surface area contributed by atoms with Crippen molar-refractivity contribution in [1.29, 1.82) is 5.26 Å². The largest absolute Gasteiger partial charge is 0.456 e. The second-order valence-corrected chi connectivity index (χ2v) is 4.24. The summed E-state index contributed by atoms with van der Waals surface area (Å²) in [4.78, 5) is 0. The number of hydrogen-bond donors (Lipinski definition) is 0. The molecule has 2 nitrogen and oxygen atoms in total. The fourth-order valence-electron chi connectivity index (χ4n) is 1.62. The standard InChI is InChI=1S/C15H10F3NO/c1-10-2-5-13(6-3-10)20-14-7-4-12(15(16,17)18)8-11(14)9-19/h2-8H,1H3. The molecule has 0 fully saturated rings. The number of nitrogens with zero attached hydrogens (tertiary/aromatic N) is 1. The van der Waals surface area contributed by atoms with Gasteiger partial charge in [-0.05, 0) is 37.3 Å². The number of rotatable bonds is 2. The molecule has 20 heavy (non-hydrogen) atoms. The summed E-state index contributed by atoms with van der Waals surface area (Å²) < 4.78 is 43.1. The van der Waals surface area contributed by atoms with Gasteiger partial charge in [-0.1, -0.05) is 17.7 Å². The Labute approximate surface area is 114 Å². The zero-order valence-electron chi connectivity index (χ0n) is 10.5. The van der Waals surface area contributed by atoms with Crippen LogP contribution in [0.2, 0.25) is 0 Å². The van der Waals surface area contributed by atoms with Gasteiger partial charge < -0.3 is 4.74 Å². The molecule has 0 aromatic heterocycles. The van der Waals surface area contributed by atoms with E-state index in [2.05, 4.69) is 0 Å². The highest BCUT2D eigenvalue weighted by Crippen LogP contribution is 2.33. The van der Waals surface area contributed by atoms with Gasteiger partial charge in [0.2, 0.25) is 0 Å². The van der Waals surface area contributed by atoms with E-state index in [4.69, 9.17) is 10.00 Å². The van der Waals surface area contributed by atoms with Gasteiger partial charge in [0.05, 0.1) is 11.1 Å². The Balaban J connectivity index is 2.33. The Bertz CT molecular complexity index is 654. The van der Waals surface area contributed by atoms with Gasteiger partial charge in [-0.3, -0.25) is 0 Å². The zero-order chi connectivity index (χ0) is 14.8. The fraction of sp³-hybridized carbons (Fsp3) is 0.133. The Morgan fingerprint density at radius 3 is 2.25 bits per heavy atom. The lowest BCUT2D eigenvalue weighted by Crippen LogP contribution is -2.05. The molecule has 0 radical (unpaired) electrons. The van der Waals surface area contributed by atoms with Crippen LogP contribution >= 0.6 is 0 Å². The summed E-state index contributed by atoms with van der Waals surface area (Å²) in [6.45, 7) is 1.91. The third kappa shape index (κ3) is 3.09. The average Bonchev–Trinajstić information content (AvgIpc) is 2.40. The molecule has 0 saturated carbocycles. The van der Waals surface area contributed by atoms with E-state index in [0.29, 0.717) is 5.75 Å². The van der Waals surface area contributed by atoms with E-state index in [1.165, 1.54) is 0 Å². The quantitative estimate of drug-likeness (QED) is 0.798. The average molecular weight is 277 g/mol. The van der Waals surface area contributed by atoms with Crippen molar-refractivity contribution in [3.8, 4) is 17.6 Å². The van der Waals surface area contributed by atoms with E-state index in [9.17, 15) is 13.2 Å². The highest BCUT2D eigenvalue weighted by atomic mass is 19.4. The van der Waals surface area contributed by atoms with Crippen molar-refractivity contribution in [2.45, 2.75) is 13.1 Å². The molecule has 0 spiro atoms. The van der Waals surface area contributed by atoms with Crippen LogP contribution in [-0.4, -0.2) is 0 Å². The fourth-order valence-corrected chi connectivity index (χ4v) is 1.62. The molecule has 2 rings (SSSR count). The summed E-state index contributed by atoms with van der Waals surface area (Å²) in [7, 11) is 0. The minimum Gasteiger partial charge on any atom is -0.456 e. The molecular formula is C15H10F3NO. The number of hydrogen-bond acceptors (Lipinski definition) is 2. The van der Waals surface area contributed by atoms with Crippen molar-refractivity contribution in [2.75, 3.05) is 0 Å². The smallest absolute Gasteiger partial charge is 0.416 e. The van der Waals surface area contributed by atoms with Crippen LogP contribution in [0.4, 0.5) is 13.2 Å². The van der Waals surface area contributed by atoms with E-state index in [-0.39, 0.29) is 11.3 Å². The Hall–Kier alpha value is -2.48. The van der Waals surface area contributed by atoms with Gasteiger partial charge in [-0.25, -0.2) is 0 Å². The number of alkyl halides is 3. The summed E-state index contributed by atoms with van der Waals surface area (Å²) in [5.41, 5.74) is 0.0102. The van der Waals surface area contributed by atoms with Crippen LogP contribution < -0.4 is 4.74 Å². The molecule has 102 valence electrons. The van der Waals surface area contributed by atoms with Crippen LogP contribution in [0.3, 0.4) is 0 Å². The van der Waals surface area contributed by atoms with Crippen molar-refractivity contribution in [1.82, 2.24) is 0 Å². The molecule has 0 aliphatic heterocycles. The maximum atomic E-state index is 12.6. The van der Waals surface area contributed by atoms with Crippen LogP contribution in [0.1, 0.15) is 16.7 Å². The summed E-state index contributed by atoms with van der Waals surface area (Å²) in [5.74, 6) is 0.566. The molecular weight excluding hydrogens is 267 g/mol. The summed E-state index contributed by atoms with van der Waals surface area (Å²) in [6, 6.07) is 11.5. The Morgan fingerprint density at radius 2 is 1.70 bits per heavy atom. The lowest BCUT2D eigenvalue weighted by atomic mass is 10.1. The monoisotopic (exact) mass is 277 g/mol. The van der Waals surface area contributed by atoms with E-state index >= 15 is 0 Å². The van der Waals surface area contributed by atoms with Gasteiger partial charge in [-0.15, -0.1) is 0 Å². The molecule has 0 saturated heterocycles. The zero-order valence-corrected chi connectivity index (χ0v) is 10.5. The van der Waals surface area contributed by atoms with Crippen LogP contribution in [0.15, 0.2) is 42.5 Å². The van der Waals surface area contributed by atoms with Gasteiger partial charge in [-0.2, -0.15) is 18.4 Å². The van der Waals surface area contributed by atoms with Gasteiger partial charge >= 0.3 is 6.18 Å². The number of benzene rings is 2. The van der Waals surface area contributed by atoms with Gasteiger partial charge in [0.25, 0.3) is 0 Å². The van der Waals surface area contributed by atoms with E-state index in [1.807, 2.05) is 19.1 Å². The molecule has 0 heterocycles. The van der Waals surface area contributed by atoms with Crippen molar-refractivity contribution in [3.63, 3.8) is 0 Å². The minimum atomic E-state index is -4.48. The first-order chi connectivity index (χ1) is 9.40. The maximum Gasteiger partial charge on any atom is 0.416 e. The number of halogens is 3. The molecule has 0 amide bonds. The normalized spacial score (nSPS) is 10.9. The van der Waals surface area contributed by atoms with Crippen molar-refractivity contribution in [2.24, 2.45) is 0 Å². The molecule has 2 aromatic carbocycles. The van der Waals surface area contributed by atoms with Gasteiger partial charge in [0, 0.05) is 0 Å². The van der Waals surface area contributed by atoms with Crippen LogP contribution in [0, 0.1) is 18.3 Å². The lowest BCUT2D eigenvalue weighted by Gasteiger charge is -2.11. The molecule has 0 bridgehead atoms. The minimum absolute atomic E-state index is 0.101. The SMILES string of the molecule is Cc1ccc(Oc2ccc(C(F)(F)F)cc2C#N)cc1. The van der Waals surface area contributed by atoms with Gasteiger partial charge in [0.1, 0.15) is 17.6 Å². The number of aryl methyl sites for hydroxylation is 1.